The summed E-state index contributed by atoms with van der Waals surface area (Å²) in [5.41, 5.74) is 6.29. The molecule has 0 aliphatic carbocycles. The number of carbonyl (C=O) groups excluding carboxylic acids is 2. The van der Waals surface area contributed by atoms with Gasteiger partial charge < -0.3 is 20.4 Å². The average molecular weight is 506 g/mol. The number of aliphatic imine (C=N–C) groups is 1. The molecule has 2 aromatic carbocycles. The number of nitrogens with one attached hydrogen (secondary N) is 2. The Morgan fingerprint density at radius 1 is 1.00 bits per heavy atom. The van der Waals surface area contributed by atoms with Gasteiger partial charge in [0.2, 0.25) is 0 Å². The molecular formula is C28H35N5O2S. The molecule has 2 heterocycles. The maximum Gasteiger partial charge on any atom is 0.323 e. The second kappa shape index (κ2) is 11.2. The molecular weight excluding hydrogens is 470 g/mol. The van der Waals surface area contributed by atoms with E-state index in [0.717, 1.165) is 52.0 Å². The standard InChI is InChI=1S/C28H35N5O2S/c1-6-32(7-2)26(34)24-20(5)29-28-33(15-8-16-36-28)25(24)21-10-13-22(14-11-21)30-27(35)31-23-12-9-18(3)19(4)17-23/h9-14,17,25H,6-8,15-16H2,1-5H3,(H2,30,31,35). The number of urea groups is 1. The lowest BCUT2D eigenvalue weighted by molar-refractivity contribution is -0.127. The van der Waals surface area contributed by atoms with E-state index in [9.17, 15) is 9.59 Å². The zero-order valence-corrected chi connectivity index (χ0v) is 22.5. The molecule has 1 atom stereocenters. The number of rotatable bonds is 6. The summed E-state index contributed by atoms with van der Waals surface area (Å²) in [7, 11) is 0. The van der Waals surface area contributed by atoms with Crippen molar-refractivity contribution in [3.63, 3.8) is 0 Å². The van der Waals surface area contributed by atoms with Gasteiger partial charge in [0.15, 0.2) is 5.17 Å². The van der Waals surface area contributed by atoms with Gasteiger partial charge in [0.1, 0.15) is 0 Å². The van der Waals surface area contributed by atoms with Crippen LogP contribution < -0.4 is 10.6 Å². The highest BCUT2D eigenvalue weighted by Gasteiger charge is 2.38. The number of allylic oxidation sites excluding steroid dienone is 1. The van der Waals surface area contributed by atoms with Crippen molar-refractivity contribution < 1.29 is 9.59 Å². The quantitative estimate of drug-likeness (QED) is 0.509. The molecule has 4 rings (SSSR count). The summed E-state index contributed by atoms with van der Waals surface area (Å²) in [6.45, 7) is 12.2. The third kappa shape index (κ3) is 5.43. The molecule has 2 N–H and O–H groups in total. The molecule has 1 saturated heterocycles. The molecule has 0 saturated carbocycles. The smallest absolute Gasteiger partial charge is 0.323 e. The number of thioether (sulfide) groups is 1. The number of aryl methyl sites for hydroxylation is 2. The van der Waals surface area contributed by atoms with Crippen LogP contribution in [-0.4, -0.2) is 52.3 Å². The molecule has 1 unspecified atom stereocenters. The zero-order valence-electron chi connectivity index (χ0n) is 21.7. The Morgan fingerprint density at radius 2 is 1.67 bits per heavy atom. The molecule has 2 aliphatic rings. The van der Waals surface area contributed by atoms with E-state index in [1.165, 1.54) is 5.56 Å². The molecule has 190 valence electrons. The lowest BCUT2D eigenvalue weighted by Gasteiger charge is -2.41. The summed E-state index contributed by atoms with van der Waals surface area (Å²) < 4.78 is 0. The van der Waals surface area contributed by atoms with E-state index in [1.807, 2.05) is 82.0 Å². The number of anilines is 2. The van der Waals surface area contributed by atoms with Gasteiger partial charge >= 0.3 is 6.03 Å². The first-order valence-corrected chi connectivity index (χ1v) is 13.5. The van der Waals surface area contributed by atoms with Crippen molar-refractivity contribution in [2.24, 2.45) is 4.99 Å². The highest BCUT2D eigenvalue weighted by molar-refractivity contribution is 8.13. The molecule has 2 aromatic rings. The first-order chi connectivity index (χ1) is 17.3. The van der Waals surface area contributed by atoms with E-state index < -0.39 is 0 Å². The maximum absolute atomic E-state index is 13.6. The fourth-order valence-electron chi connectivity index (χ4n) is 4.63. The lowest BCUT2D eigenvalue weighted by Crippen LogP contribution is -2.45. The molecule has 0 radical (unpaired) electrons. The monoisotopic (exact) mass is 505 g/mol. The van der Waals surface area contributed by atoms with E-state index in [-0.39, 0.29) is 18.0 Å². The van der Waals surface area contributed by atoms with Crippen LogP contribution in [-0.2, 0) is 4.79 Å². The number of hydrogen-bond acceptors (Lipinski definition) is 5. The Labute approximate surface area is 218 Å². The van der Waals surface area contributed by atoms with Gasteiger partial charge in [-0.2, -0.15) is 0 Å². The van der Waals surface area contributed by atoms with Crippen molar-refractivity contribution in [2.45, 2.75) is 47.1 Å². The summed E-state index contributed by atoms with van der Waals surface area (Å²) in [6, 6.07) is 13.2. The third-order valence-electron chi connectivity index (χ3n) is 6.79. The second-order valence-electron chi connectivity index (χ2n) is 9.17. The number of carbonyl (C=O) groups is 2. The van der Waals surface area contributed by atoms with E-state index in [0.29, 0.717) is 18.8 Å². The van der Waals surface area contributed by atoms with Gasteiger partial charge in [-0.05, 0) is 82.0 Å². The minimum atomic E-state index is -0.293. The molecule has 0 bridgehead atoms. The Balaban J connectivity index is 1.57. The van der Waals surface area contributed by atoms with Gasteiger partial charge in [0.25, 0.3) is 5.91 Å². The largest absolute Gasteiger partial charge is 0.340 e. The van der Waals surface area contributed by atoms with Gasteiger partial charge in [0, 0.05) is 36.8 Å². The molecule has 0 spiro atoms. The summed E-state index contributed by atoms with van der Waals surface area (Å²) in [4.78, 5) is 35.1. The summed E-state index contributed by atoms with van der Waals surface area (Å²) >= 11 is 1.75. The summed E-state index contributed by atoms with van der Waals surface area (Å²) in [5.74, 6) is 1.07. The zero-order chi connectivity index (χ0) is 25.8. The molecule has 2 aliphatic heterocycles. The van der Waals surface area contributed by atoms with Crippen LogP contribution in [0.4, 0.5) is 16.2 Å². The summed E-state index contributed by atoms with van der Waals surface area (Å²) in [5, 5.41) is 6.79. The third-order valence-corrected chi connectivity index (χ3v) is 7.87. The van der Waals surface area contributed by atoms with Crippen molar-refractivity contribution in [2.75, 3.05) is 36.0 Å². The van der Waals surface area contributed by atoms with E-state index in [2.05, 4.69) is 15.5 Å². The van der Waals surface area contributed by atoms with Crippen LogP contribution in [0, 0.1) is 13.8 Å². The first-order valence-electron chi connectivity index (χ1n) is 12.6. The minimum absolute atomic E-state index is 0.0378. The Kier molecular flexibility index (Phi) is 8.04. The van der Waals surface area contributed by atoms with Crippen LogP contribution in [0.25, 0.3) is 0 Å². The molecule has 36 heavy (non-hydrogen) atoms. The molecule has 1 fully saturated rings. The molecule has 8 heteroatoms. The Bertz CT molecular complexity index is 1200. The normalized spacial score (nSPS) is 17.3. The van der Waals surface area contributed by atoms with Crippen molar-refractivity contribution in [1.29, 1.82) is 0 Å². The van der Waals surface area contributed by atoms with Crippen LogP contribution in [0.1, 0.15) is 49.9 Å². The van der Waals surface area contributed by atoms with E-state index in [1.54, 1.807) is 11.8 Å². The summed E-state index contributed by atoms with van der Waals surface area (Å²) in [6.07, 6.45) is 1.05. The highest BCUT2D eigenvalue weighted by atomic mass is 32.2. The van der Waals surface area contributed by atoms with Crippen LogP contribution >= 0.6 is 11.8 Å². The predicted molar refractivity (Wildman–Crippen MR) is 150 cm³/mol. The second-order valence-corrected chi connectivity index (χ2v) is 10.2. The number of nitrogens with zero attached hydrogens (tertiary/aromatic N) is 3. The fourth-order valence-corrected chi connectivity index (χ4v) is 5.65. The Hall–Kier alpha value is -3.26. The first kappa shape index (κ1) is 25.8. The minimum Gasteiger partial charge on any atom is -0.340 e. The van der Waals surface area contributed by atoms with Gasteiger partial charge in [-0.1, -0.05) is 30.0 Å². The average Bonchev–Trinajstić information content (AvgIpc) is 2.86. The SMILES string of the molecule is CCN(CC)C(=O)C1=C(C)N=C2SCCCN2C1c1ccc(NC(=O)Nc2ccc(C)c(C)c2)cc1. The number of amidine groups is 1. The number of benzene rings is 2. The van der Waals surface area contributed by atoms with Gasteiger partial charge in [-0.25, -0.2) is 9.79 Å². The molecule has 7 nitrogen and oxygen atoms in total. The lowest BCUT2D eigenvalue weighted by atomic mass is 9.93. The number of amides is 3. The number of hydrogen-bond donors (Lipinski definition) is 2. The van der Waals surface area contributed by atoms with Crippen molar-refractivity contribution in [1.82, 2.24) is 9.80 Å². The topological polar surface area (TPSA) is 77.0 Å². The number of likely N-dealkylation sites (N-methyl/N-ethyl adjacent to an activating group) is 1. The van der Waals surface area contributed by atoms with Crippen molar-refractivity contribution >= 4 is 40.2 Å². The van der Waals surface area contributed by atoms with Gasteiger partial charge in [-0.3, -0.25) is 4.79 Å². The van der Waals surface area contributed by atoms with Crippen LogP contribution in [0.2, 0.25) is 0 Å². The number of fused-ring (bicyclic) bond motifs is 1. The Morgan fingerprint density at radius 3 is 2.33 bits per heavy atom. The maximum atomic E-state index is 13.6. The van der Waals surface area contributed by atoms with Crippen LogP contribution in [0.3, 0.4) is 0 Å². The van der Waals surface area contributed by atoms with Crippen LogP contribution in [0.15, 0.2) is 58.7 Å². The van der Waals surface area contributed by atoms with E-state index in [4.69, 9.17) is 4.99 Å². The van der Waals surface area contributed by atoms with E-state index >= 15 is 0 Å². The van der Waals surface area contributed by atoms with Crippen LogP contribution in [0.5, 0.6) is 0 Å². The highest BCUT2D eigenvalue weighted by Crippen LogP contribution is 2.40. The van der Waals surface area contributed by atoms with Gasteiger partial charge in [-0.15, -0.1) is 0 Å². The molecule has 0 aromatic heterocycles. The predicted octanol–water partition coefficient (Wildman–Crippen LogP) is 5.94. The van der Waals surface area contributed by atoms with Crippen molar-refractivity contribution in [3.8, 4) is 0 Å². The van der Waals surface area contributed by atoms with Gasteiger partial charge in [0.05, 0.1) is 17.3 Å². The fraction of sp³-hybridized carbons (Fsp3) is 0.393. The molecule has 3 amide bonds. The van der Waals surface area contributed by atoms with Crippen molar-refractivity contribution in [3.05, 3.63) is 70.4 Å².